The van der Waals surface area contributed by atoms with Crippen molar-refractivity contribution in [2.45, 2.75) is 6.54 Å². The Morgan fingerprint density at radius 1 is 0.947 bits per heavy atom. The highest BCUT2D eigenvalue weighted by atomic mass is 19.1. The summed E-state index contributed by atoms with van der Waals surface area (Å²) in [5.74, 6) is -0.226. The Morgan fingerprint density at radius 2 is 1.68 bits per heavy atom. The average molecular weight is 255 g/mol. The van der Waals surface area contributed by atoms with Gasteiger partial charge in [-0.3, -0.25) is 5.01 Å². The van der Waals surface area contributed by atoms with E-state index in [-0.39, 0.29) is 5.82 Å². The number of halogens is 1. The molecule has 0 atom stereocenters. The Balaban J connectivity index is 1.72. The maximum Gasteiger partial charge on any atom is 0.123 e. The molecule has 0 spiro atoms. The third-order valence-corrected chi connectivity index (χ3v) is 2.97. The fraction of sp³-hybridized carbons (Fsp3) is 0.0667. The Bertz CT molecular complexity index is 578. The lowest BCUT2D eigenvalue weighted by Gasteiger charge is -2.14. The van der Waals surface area contributed by atoms with Gasteiger partial charge >= 0.3 is 0 Å². The van der Waals surface area contributed by atoms with E-state index in [1.54, 1.807) is 12.1 Å². The monoisotopic (exact) mass is 255 g/mol. The van der Waals surface area contributed by atoms with Crippen molar-refractivity contribution in [3.63, 3.8) is 0 Å². The fourth-order valence-corrected chi connectivity index (χ4v) is 1.99. The van der Waals surface area contributed by atoms with Crippen molar-refractivity contribution in [2.24, 2.45) is 0 Å². The van der Waals surface area contributed by atoms with E-state index in [0.29, 0.717) is 0 Å². The largest absolute Gasteiger partial charge is 0.302 e. The van der Waals surface area contributed by atoms with Gasteiger partial charge in [-0.15, -0.1) is 5.53 Å². The van der Waals surface area contributed by atoms with Crippen LogP contribution in [0.1, 0.15) is 11.1 Å². The molecule has 0 unspecified atom stereocenters. The van der Waals surface area contributed by atoms with E-state index in [9.17, 15) is 4.39 Å². The lowest BCUT2D eigenvalue weighted by molar-refractivity contribution is 0.265. The molecule has 0 radical (unpaired) electrons. The van der Waals surface area contributed by atoms with Gasteiger partial charge in [0.1, 0.15) is 5.82 Å². The summed E-state index contributed by atoms with van der Waals surface area (Å²) in [5, 5.41) is 1.95. The summed E-state index contributed by atoms with van der Waals surface area (Å²) in [7, 11) is 0. The summed E-state index contributed by atoms with van der Waals surface area (Å²) in [6, 6.07) is 16.6. The van der Waals surface area contributed by atoms with Crippen LogP contribution in [-0.2, 0) is 6.54 Å². The number of hydrazine groups is 2. The minimum Gasteiger partial charge on any atom is -0.302 e. The van der Waals surface area contributed by atoms with Gasteiger partial charge in [0.05, 0.1) is 12.2 Å². The molecule has 1 aliphatic rings. The number of hydrogen-bond acceptors (Lipinski definition) is 3. The molecule has 2 aromatic carbocycles. The summed E-state index contributed by atoms with van der Waals surface area (Å²) >= 11 is 0. The number of nitrogens with zero attached hydrogens (tertiary/aromatic N) is 1. The van der Waals surface area contributed by atoms with Gasteiger partial charge in [-0.1, -0.05) is 30.3 Å². The summed E-state index contributed by atoms with van der Waals surface area (Å²) < 4.78 is 12.9. The Kier molecular flexibility index (Phi) is 3.16. The molecule has 0 aliphatic carbocycles. The van der Waals surface area contributed by atoms with E-state index in [2.05, 4.69) is 23.1 Å². The summed E-state index contributed by atoms with van der Waals surface area (Å²) in [6.07, 6.45) is 1.97. The van der Waals surface area contributed by atoms with Crippen LogP contribution in [0.15, 0.2) is 60.8 Å². The zero-order valence-electron chi connectivity index (χ0n) is 10.3. The second kappa shape index (κ2) is 5.12. The Hall–Kier alpha value is -2.33. The van der Waals surface area contributed by atoms with Crippen LogP contribution in [0, 0.1) is 5.82 Å². The van der Waals surface area contributed by atoms with Gasteiger partial charge in [0.15, 0.2) is 0 Å². The van der Waals surface area contributed by atoms with Crippen LogP contribution in [-0.4, -0.2) is 5.01 Å². The number of benzene rings is 2. The zero-order chi connectivity index (χ0) is 13.1. The average Bonchev–Trinajstić information content (AvgIpc) is 2.89. The molecule has 4 heteroatoms. The number of nitrogens with one attached hydrogen (secondary N) is 2. The first-order chi connectivity index (χ1) is 9.31. The minimum absolute atomic E-state index is 0.226. The molecule has 2 N–H and O–H groups in total. The summed E-state index contributed by atoms with van der Waals surface area (Å²) in [4.78, 5) is 0. The highest BCUT2D eigenvalue weighted by Gasteiger charge is 2.12. The lowest BCUT2D eigenvalue weighted by atomic mass is 10.2. The van der Waals surface area contributed by atoms with Crippen molar-refractivity contribution >= 4 is 5.70 Å². The minimum atomic E-state index is -0.226. The second-order valence-corrected chi connectivity index (χ2v) is 4.40. The molecule has 2 aromatic rings. The quantitative estimate of drug-likeness (QED) is 0.883. The number of hydrogen-bond donors (Lipinski definition) is 2. The van der Waals surface area contributed by atoms with E-state index < -0.39 is 0 Å². The SMILES string of the molecule is Fc1ccc(C2=CN(Cc3ccccc3)NN2)cc1. The summed E-state index contributed by atoms with van der Waals surface area (Å²) in [5.41, 5.74) is 9.23. The first kappa shape index (κ1) is 11.7. The normalized spacial score (nSPS) is 14.2. The standard InChI is InChI=1S/C15H14FN3/c16-14-8-6-13(7-9-14)15-11-19(18-17-15)10-12-4-2-1-3-5-12/h1-9,11,17-18H,10H2. The van der Waals surface area contributed by atoms with Gasteiger partial charge in [-0.25, -0.2) is 4.39 Å². The zero-order valence-corrected chi connectivity index (χ0v) is 10.3. The molecule has 1 aliphatic heterocycles. The fourth-order valence-electron chi connectivity index (χ4n) is 1.99. The van der Waals surface area contributed by atoms with E-state index in [0.717, 1.165) is 17.8 Å². The van der Waals surface area contributed by atoms with Crippen molar-refractivity contribution in [1.29, 1.82) is 0 Å². The molecule has 0 saturated heterocycles. The molecule has 0 aromatic heterocycles. The first-order valence-electron chi connectivity index (χ1n) is 6.11. The second-order valence-electron chi connectivity index (χ2n) is 4.40. The molecule has 96 valence electrons. The molecule has 0 amide bonds. The molecule has 0 fully saturated rings. The van der Waals surface area contributed by atoms with Crippen molar-refractivity contribution in [3.8, 4) is 0 Å². The van der Waals surface area contributed by atoms with E-state index in [1.165, 1.54) is 17.7 Å². The van der Waals surface area contributed by atoms with Gasteiger partial charge in [0.25, 0.3) is 0 Å². The van der Waals surface area contributed by atoms with Gasteiger partial charge in [0.2, 0.25) is 0 Å². The predicted octanol–water partition coefficient (Wildman–Crippen LogP) is 2.65. The van der Waals surface area contributed by atoms with Crippen LogP contribution in [0.5, 0.6) is 0 Å². The molecule has 3 rings (SSSR count). The predicted molar refractivity (Wildman–Crippen MR) is 72.6 cm³/mol. The van der Waals surface area contributed by atoms with Gasteiger partial charge in [-0.05, 0) is 29.8 Å². The Morgan fingerprint density at radius 3 is 2.42 bits per heavy atom. The molecule has 0 saturated carbocycles. The molecule has 0 bridgehead atoms. The van der Waals surface area contributed by atoms with E-state index in [1.807, 2.05) is 29.4 Å². The molecular formula is C15H14FN3. The summed E-state index contributed by atoms with van der Waals surface area (Å²) in [6.45, 7) is 0.762. The number of rotatable bonds is 3. The molecule has 19 heavy (non-hydrogen) atoms. The van der Waals surface area contributed by atoms with E-state index >= 15 is 0 Å². The van der Waals surface area contributed by atoms with Crippen LogP contribution in [0.2, 0.25) is 0 Å². The van der Waals surface area contributed by atoms with Crippen molar-refractivity contribution in [1.82, 2.24) is 16.0 Å². The van der Waals surface area contributed by atoms with Crippen molar-refractivity contribution in [2.75, 3.05) is 0 Å². The third kappa shape index (κ3) is 2.74. The maximum atomic E-state index is 12.9. The maximum absolute atomic E-state index is 12.9. The molecule has 3 nitrogen and oxygen atoms in total. The van der Waals surface area contributed by atoms with Crippen LogP contribution >= 0.6 is 0 Å². The smallest absolute Gasteiger partial charge is 0.123 e. The van der Waals surface area contributed by atoms with Crippen LogP contribution in [0.3, 0.4) is 0 Å². The van der Waals surface area contributed by atoms with E-state index in [4.69, 9.17) is 0 Å². The third-order valence-electron chi connectivity index (χ3n) is 2.97. The van der Waals surface area contributed by atoms with Crippen LogP contribution in [0.25, 0.3) is 5.70 Å². The Labute approximate surface area is 111 Å². The van der Waals surface area contributed by atoms with Crippen molar-refractivity contribution in [3.05, 3.63) is 77.7 Å². The molecule has 1 heterocycles. The first-order valence-corrected chi connectivity index (χ1v) is 6.11. The van der Waals surface area contributed by atoms with Crippen LogP contribution < -0.4 is 11.0 Å². The molecular weight excluding hydrogens is 241 g/mol. The van der Waals surface area contributed by atoms with Crippen LogP contribution in [0.4, 0.5) is 4.39 Å². The van der Waals surface area contributed by atoms with Gasteiger partial charge in [0, 0.05) is 11.8 Å². The topological polar surface area (TPSA) is 27.3 Å². The van der Waals surface area contributed by atoms with Crippen molar-refractivity contribution < 1.29 is 4.39 Å². The lowest BCUT2D eigenvalue weighted by Crippen LogP contribution is -2.35. The van der Waals surface area contributed by atoms with Gasteiger partial charge in [-0.2, -0.15) is 0 Å². The highest BCUT2D eigenvalue weighted by molar-refractivity contribution is 5.64. The van der Waals surface area contributed by atoms with Gasteiger partial charge < -0.3 is 5.43 Å². The highest BCUT2D eigenvalue weighted by Crippen LogP contribution is 2.16.